The highest BCUT2D eigenvalue weighted by atomic mass is 35.5. The van der Waals surface area contributed by atoms with Crippen molar-refractivity contribution >= 4 is 44.6 Å². The van der Waals surface area contributed by atoms with Crippen LogP contribution in [0.4, 0.5) is 5.13 Å². The van der Waals surface area contributed by atoms with Crippen molar-refractivity contribution < 1.29 is 0 Å². The van der Waals surface area contributed by atoms with Crippen LogP contribution in [-0.4, -0.2) is 10.7 Å². The molecule has 0 amide bonds. The van der Waals surface area contributed by atoms with Gasteiger partial charge in [-0.2, -0.15) is 5.10 Å². The number of halogens is 1. The van der Waals surface area contributed by atoms with Crippen molar-refractivity contribution in [3.05, 3.63) is 94.5 Å². The lowest BCUT2D eigenvalue weighted by Gasteiger charge is -2.22. The van der Waals surface area contributed by atoms with Gasteiger partial charge in [-0.05, 0) is 34.0 Å². The summed E-state index contributed by atoms with van der Waals surface area (Å²) in [5.74, 6) is 0. The van der Waals surface area contributed by atoms with Gasteiger partial charge in [0.15, 0.2) is 0 Å². The molecule has 0 spiro atoms. The fourth-order valence-corrected chi connectivity index (χ4v) is 4.38. The lowest BCUT2D eigenvalue weighted by Crippen LogP contribution is -2.18. The predicted octanol–water partition coefficient (Wildman–Crippen LogP) is 6.31. The Kier molecular flexibility index (Phi) is 4.15. The molecule has 1 aliphatic heterocycles. The van der Waals surface area contributed by atoms with Crippen LogP contribution in [0.25, 0.3) is 10.8 Å². The molecule has 3 nitrogen and oxygen atoms in total. The van der Waals surface area contributed by atoms with Crippen molar-refractivity contribution in [2.45, 2.75) is 12.5 Å². The molecule has 4 aromatic rings. The van der Waals surface area contributed by atoms with Crippen LogP contribution in [0.15, 0.2) is 83.4 Å². The number of hydrogen-bond donors (Lipinski definition) is 0. The van der Waals surface area contributed by atoms with Crippen LogP contribution in [-0.2, 0) is 0 Å². The molecule has 0 saturated heterocycles. The topological polar surface area (TPSA) is 28.5 Å². The zero-order valence-corrected chi connectivity index (χ0v) is 16.0. The summed E-state index contributed by atoms with van der Waals surface area (Å²) in [6, 6.07) is 23.0. The predicted molar refractivity (Wildman–Crippen MR) is 114 cm³/mol. The van der Waals surface area contributed by atoms with Crippen molar-refractivity contribution in [2.75, 3.05) is 5.01 Å². The summed E-state index contributed by atoms with van der Waals surface area (Å²) in [4.78, 5) is 4.51. The maximum absolute atomic E-state index is 6.06. The van der Waals surface area contributed by atoms with E-state index in [1.165, 1.54) is 16.3 Å². The minimum absolute atomic E-state index is 0.118. The van der Waals surface area contributed by atoms with E-state index < -0.39 is 0 Å². The molecule has 0 fully saturated rings. The van der Waals surface area contributed by atoms with Crippen LogP contribution in [0, 0.1) is 0 Å². The summed E-state index contributed by atoms with van der Waals surface area (Å²) in [5.41, 5.74) is 3.43. The lowest BCUT2D eigenvalue weighted by molar-refractivity contribution is 0.711. The van der Waals surface area contributed by atoms with Crippen molar-refractivity contribution in [1.29, 1.82) is 0 Å². The van der Waals surface area contributed by atoms with Gasteiger partial charge < -0.3 is 0 Å². The highest BCUT2D eigenvalue weighted by Gasteiger charge is 2.32. The standard InChI is InChI=1S/C22H16ClN3S/c23-17-10-8-16(9-11-17)20-14-21(26(25-20)22-24-12-13-27-22)19-7-3-5-15-4-1-2-6-18(15)19/h1-13,21H,14H2. The van der Waals surface area contributed by atoms with E-state index >= 15 is 0 Å². The van der Waals surface area contributed by atoms with Crippen molar-refractivity contribution in [2.24, 2.45) is 5.10 Å². The number of fused-ring (bicyclic) bond motifs is 1. The van der Waals surface area contributed by atoms with Crippen molar-refractivity contribution in [1.82, 2.24) is 4.98 Å². The molecule has 5 rings (SSSR count). The Balaban J connectivity index is 1.62. The second-order valence-corrected chi connectivity index (χ2v) is 7.81. The van der Waals surface area contributed by atoms with Crippen LogP contribution in [0.3, 0.4) is 0 Å². The summed E-state index contributed by atoms with van der Waals surface area (Å²) >= 11 is 7.67. The molecule has 0 saturated carbocycles. The van der Waals surface area contributed by atoms with Crippen molar-refractivity contribution in [3.8, 4) is 0 Å². The van der Waals surface area contributed by atoms with Gasteiger partial charge in [0.05, 0.1) is 11.8 Å². The fraction of sp³-hybridized carbons (Fsp3) is 0.0909. The first-order valence-electron chi connectivity index (χ1n) is 8.79. The first kappa shape index (κ1) is 16.5. The summed E-state index contributed by atoms with van der Waals surface area (Å²) < 4.78 is 0. The Morgan fingerprint density at radius 3 is 2.59 bits per heavy atom. The Hall–Kier alpha value is -2.69. The molecule has 3 aromatic carbocycles. The maximum Gasteiger partial charge on any atom is 0.206 e. The van der Waals surface area contributed by atoms with Gasteiger partial charge in [0.2, 0.25) is 5.13 Å². The SMILES string of the molecule is Clc1ccc(C2=NN(c3nccs3)C(c3cccc4ccccc34)C2)cc1. The third-order valence-electron chi connectivity index (χ3n) is 4.89. The van der Waals surface area contributed by atoms with Gasteiger partial charge in [-0.25, -0.2) is 9.99 Å². The van der Waals surface area contributed by atoms with E-state index in [1.807, 2.05) is 35.8 Å². The van der Waals surface area contributed by atoms with Crippen LogP contribution in [0.1, 0.15) is 23.6 Å². The summed E-state index contributed by atoms with van der Waals surface area (Å²) in [6.45, 7) is 0. The van der Waals surface area contributed by atoms with Gasteiger partial charge in [-0.3, -0.25) is 0 Å². The first-order chi connectivity index (χ1) is 13.3. The van der Waals surface area contributed by atoms with E-state index in [2.05, 4.69) is 52.5 Å². The number of hydrogen-bond acceptors (Lipinski definition) is 4. The van der Waals surface area contributed by atoms with Crippen LogP contribution < -0.4 is 5.01 Å². The molecule has 0 aliphatic carbocycles. The minimum Gasteiger partial charge on any atom is -0.231 e. The average Bonchev–Trinajstić information content (AvgIpc) is 3.38. The third-order valence-corrected chi connectivity index (χ3v) is 5.90. The van der Waals surface area contributed by atoms with Crippen LogP contribution >= 0.6 is 22.9 Å². The molecule has 0 radical (unpaired) electrons. The summed E-state index contributed by atoms with van der Waals surface area (Å²) in [7, 11) is 0. The van der Waals surface area contributed by atoms with E-state index in [0.717, 1.165) is 27.9 Å². The molecule has 1 atom stereocenters. The van der Waals surface area contributed by atoms with Gasteiger partial charge in [0, 0.05) is 23.0 Å². The second-order valence-electron chi connectivity index (χ2n) is 6.50. The molecule has 1 unspecified atom stereocenters. The quantitative estimate of drug-likeness (QED) is 0.411. The molecule has 1 aliphatic rings. The molecule has 2 heterocycles. The number of benzene rings is 3. The largest absolute Gasteiger partial charge is 0.231 e. The zero-order chi connectivity index (χ0) is 18.2. The molecule has 0 bridgehead atoms. The fourth-order valence-electron chi connectivity index (χ4n) is 3.62. The number of hydrazone groups is 1. The second kappa shape index (κ2) is 6.80. The molecule has 5 heteroatoms. The zero-order valence-electron chi connectivity index (χ0n) is 14.4. The van der Waals surface area contributed by atoms with Crippen molar-refractivity contribution in [3.63, 3.8) is 0 Å². The maximum atomic E-state index is 6.06. The van der Waals surface area contributed by atoms with Gasteiger partial charge in [0.25, 0.3) is 0 Å². The molecule has 1 aromatic heterocycles. The number of aromatic nitrogens is 1. The highest BCUT2D eigenvalue weighted by Crippen LogP contribution is 2.40. The van der Waals surface area contributed by atoms with Gasteiger partial charge >= 0.3 is 0 Å². The molecule has 132 valence electrons. The Labute approximate surface area is 166 Å². The van der Waals surface area contributed by atoms with Gasteiger partial charge in [0.1, 0.15) is 0 Å². The van der Waals surface area contributed by atoms with Crippen LogP contribution in [0.5, 0.6) is 0 Å². The lowest BCUT2D eigenvalue weighted by atomic mass is 9.94. The third kappa shape index (κ3) is 3.01. The summed E-state index contributed by atoms with van der Waals surface area (Å²) in [6.07, 6.45) is 2.66. The highest BCUT2D eigenvalue weighted by molar-refractivity contribution is 7.13. The summed E-state index contributed by atoms with van der Waals surface area (Å²) in [5, 5.41) is 13.2. The monoisotopic (exact) mass is 389 g/mol. The molecular formula is C22H16ClN3S. The van der Waals surface area contributed by atoms with E-state index in [4.69, 9.17) is 16.7 Å². The number of thiazole rings is 1. The first-order valence-corrected chi connectivity index (χ1v) is 10.1. The van der Waals surface area contributed by atoms with Gasteiger partial charge in [-0.15, -0.1) is 11.3 Å². The Bertz CT molecular complexity index is 1110. The molecule has 27 heavy (non-hydrogen) atoms. The number of rotatable bonds is 3. The smallest absolute Gasteiger partial charge is 0.206 e. The van der Waals surface area contributed by atoms with E-state index in [9.17, 15) is 0 Å². The van der Waals surface area contributed by atoms with Crippen LogP contribution in [0.2, 0.25) is 5.02 Å². The average molecular weight is 390 g/mol. The molecule has 0 N–H and O–H groups in total. The van der Waals surface area contributed by atoms with E-state index in [0.29, 0.717) is 0 Å². The van der Waals surface area contributed by atoms with Gasteiger partial charge in [-0.1, -0.05) is 66.2 Å². The number of nitrogens with zero attached hydrogens (tertiary/aromatic N) is 3. The Morgan fingerprint density at radius 1 is 0.963 bits per heavy atom. The van der Waals surface area contributed by atoms with E-state index in [1.54, 1.807) is 11.3 Å². The minimum atomic E-state index is 0.118. The normalized spacial score (nSPS) is 16.7. The number of anilines is 1. The molecular weight excluding hydrogens is 374 g/mol. The van der Waals surface area contributed by atoms with E-state index in [-0.39, 0.29) is 6.04 Å². The Morgan fingerprint density at radius 2 is 1.78 bits per heavy atom.